The third-order valence-corrected chi connectivity index (χ3v) is 5.34. The van der Waals surface area contributed by atoms with Gasteiger partial charge in [0, 0.05) is 16.8 Å². The lowest BCUT2D eigenvalue weighted by Gasteiger charge is -2.29. The van der Waals surface area contributed by atoms with Gasteiger partial charge < -0.3 is 15.1 Å². The van der Waals surface area contributed by atoms with Crippen LogP contribution in [0.3, 0.4) is 0 Å². The number of amides is 1. The van der Waals surface area contributed by atoms with Crippen molar-refractivity contribution in [3.05, 3.63) is 65.2 Å². The number of hydrogen-bond donors (Lipinski definition) is 3. The molecular weight excluding hydrogens is 395 g/mol. The van der Waals surface area contributed by atoms with Gasteiger partial charge in [-0.2, -0.15) is 13.2 Å². The summed E-state index contributed by atoms with van der Waals surface area (Å²) in [5.41, 5.74) is 1.20. The smallest absolute Gasteiger partial charge is 0.322 e. The van der Waals surface area contributed by atoms with Crippen LogP contribution in [-0.2, 0) is 17.5 Å². The van der Waals surface area contributed by atoms with Crippen molar-refractivity contribution in [3.8, 4) is 0 Å². The molecule has 3 rings (SSSR count). The van der Waals surface area contributed by atoms with E-state index in [1.165, 1.54) is 24.0 Å². The molecule has 160 valence electrons. The molecule has 5 nitrogen and oxygen atoms in total. The van der Waals surface area contributed by atoms with Gasteiger partial charge in [0.1, 0.15) is 32.7 Å². The molecule has 30 heavy (non-hydrogen) atoms. The lowest BCUT2D eigenvalue weighted by atomic mass is 10.1. The summed E-state index contributed by atoms with van der Waals surface area (Å²) in [7, 11) is 0. The summed E-state index contributed by atoms with van der Waals surface area (Å²) in [6, 6.07) is 12.3. The van der Waals surface area contributed by atoms with E-state index in [4.69, 9.17) is 0 Å². The summed E-state index contributed by atoms with van der Waals surface area (Å²) in [5.74, 6) is -0.177. The number of carbonyl (C=O) groups excluding carboxylic acids is 2. The van der Waals surface area contributed by atoms with Crippen LogP contribution in [0.15, 0.2) is 48.5 Å². The van der Waals surface area contributed by atoms with Gasteiger partial charge in [0.05, 0.1) is 5.56 Å². The van der Waals surface area contributed by atoms with Gasteiger partial charge in [0.2, 0.25) is 0 Å². The minimum atomic E-state index is -4.33. The Labute approximate surface area is 173 Å². The van der Waals surface area contributed by atoms with E-state index in [1.807, 2.05) is 0 Å². The zero-order chi connectivity index (χ0) is 21.7. The van der Waals surface area contributed by atoms with Crippen molar-refractivity contribution >= 4 is 17.4 Å². The Balaban J connectivity index is 1.47. The molecule has 3 N–H and O–H groups in total. The number of quaternary nitrogens is 2. The number of halogens is 3. The van der Waals surface area contributed by atoms with Gasteiger partial charge in [0.15, 0.2) is 12.3 Å². The number of rotatable bonds is 6. The molecule has 0 unspecified atom stereocenters. The number of ketones is 1. The van der Waals surface area contributed by atoms with Gasteiger partial charge in [-0.15, -0.1) is 0 Å². The molecule has 1 heterocycles. The van der Waals surface area contributed by atoms with Gasteiger partial charge >= 0.3 is 6.18 Å². The molecule has 0 aromatic heterocycles. The van der Waals surface area contributed by atoms with E-state index in [0.717, 1.165) is 37.1 Å². The number of hydrogen-bond acceptors (Lipinski definition) is 2. The van der Waals surface area contributed by atoms with Crippen LogP contribution in [-0.4, -0.2) is 44.4 Å². The third-order valence-electron chi connectivity index (χ3n) is 5.34. The molecule has 2 aromatic rings. The Hall–Kier alpha value is -2.71. The molecule has 0 bridgehead atoms. The summed E-state index contributed by atoms with van der Waals surface area (Å²) in [4.78, 5) is 26.1. The third kappa shape index (κ3) is 6.14. The Morgan fingerprint density at radius 2 is 1.63 bits per heavy atom. The molecule has 1 aliphatic rings. The Morgan fingerprint density at radius 1 is 0.967 bits per heavy atom. The van der Waals surface area contributed by atoms with Crippen molar-refractivity contribution in [1.82, 2.24) is 0 Å². The van der Waals surface area contributed by atoms with E-state index < -0.39 is 11.7 Å². The maximum atomic E-state index is 12.9. The van der Waals surface area contributed by atoms with Crippen LogP contribution < -0.4 is 15.1 Å². The van der Waals surface area contributed by atoms with Crippen LogP contribution in [0.2, 0.25) is 0 Å². The average Bonchev–Trinajstić information content (AvgIpc) is 2.69. The number of alkyl halides is 3. The number of benzene rings is 2. The highest BCUT2D eigenvalue weighted by atomic mass is 19.4. The van der Waals surface area contributed by atoms with Crippen LogP contribution in [0.4, 0.5) is 18.9 Å². The van der Waals surface area contributed by atoms with Gasteiger partial charge in [-0.05, 0) is 31.2 Å². The van der Waals surface area contributed by atoms with Gasteiger partial charge in [0.25, 0.3) is 5.91 Å². The lowest BCUT2D eigenvalue weighted by Crippen LogP contribution is -3.28. The number of Topliss-reactive ketones (excluding diaryl/α,β-unsaturated/α-hetero) is 1. The number of carbonyl (C=O) groups is 2. The zero-order valence-electron chi connectivity index (χ0n) is 16.8. The second-order valence-corrected chi connectivity index (χ2v) is 7.74. The van der Waals surface area contributed by atoms with Crippen LogP contribution in [0.5, 0.6) is 0 Å². The van der Waals surface area contributed by atoms with Gasteiger partial charge in [-0.1, -0.05) is 24.3 Å². The monoisotopic (exact) mass is 421 g/mol. The van der Waals surface area contributed by atoms with Crippen molar-refractivity contribution in [1.29, 1.82) is 0 Å². The minimum absolute atomic E-state index is 0.0587. The molecule has 0 atom stereocenters. The van der Waals surface area contributed by atoms with Crippen LogP contribution in [0.1, 0.15) is 28.4 Å². The molecule has 1 amide bonds. The topological polar surface area (TPSA) is 55.0 Å². The molecular formula is C22H26F3N3O2+2. The molecule has 2 aromatic carbocycles. The molecule has 1 aliphatic heterocycles. The average molecular weight is 421 g/mol. The Morgan fingerprint density at radius 3 is 2.30 bits per heavy atom. The van der Waals surface area contributed by atoms with Gasteiger partial charge in [-0.25, -0.2) is 0 Å². The highest BCUT2D eigenvalue weighted by molar-refractivity contribution is 5.97. The lowest BCUT2D eigenvalue weighted by molar-refractivity contribution is -1.02. The van der Waals surface area contributed by atoms with Crippen LogP contribution in [0.25, 0.3) is 0 Å². The van der Waals surface area contributed by atoms with E-state index >= 15 is 0 Å². The molecule has 0 radical (unpaired) electrons. The zero-order valence-corrected chi connectivity index (χ0v) is 16.8. The first-order chi connectivity index (χ1) is 14.2. The van der Waals surface area contributed by atoms with Crippen LogP contribution in [0, 0.1) is 0 Å². The largest absolute Gasteiger partial charge is 0.416 e. The maximum Gasteiger partial charge on any atom is 0.416 e. The van der Waals surface area contributed by atoms with E-state index in [1.54, 1.807) is 30.3 Å². The maximum absolute atomic E-state index is 12.9. The second-order valence-electron chi connectivity index (χ2n) is 7.74. The summed E-state index contributed by atoms with van der Waals surface area (Å²) >= 11 is 0. The van der Waals surface area contributed by atoms with Crippen molar-refractivity contribution in [2.45, 2.75) is 19.6 Å². The molecule has 0 spiro atoms. The molecule has 1 saturated heterocycles. The predicted molar refractivity (Wildman–Crippen MR) is 106 cm³/mol. The summed E-state index contributed by atoms with van der Waals surface area (Å²) < 4.78 is 38.6. The van der Waals surface area contributed by atoms with Crippen molar-refractivity contribution < 1.29 is 32.6 Å². The van der Waals surface area contributed by atoms with Crippen molar-refractivity contribution in [2.75, 3.05) is 38.0 Å². The quantitative estimate of drug-likeness (QED) is 0.606. The fraction of sp³-hybridized carbons (Fsp3) is 0.364. The van der Waals surface area contributed by atoms with Crippen LogP contribution >= 0.6 is 0 Å². The minimum Gasteiger partial charge on any atom is -0.322 e. The fourth-order valence-corrected chi connectivity index (χ4v) is 3.71. The summed E-state index contributed by atoms with van der Waals surface area (Å²) in [6.45, 7) is 5.47. The molecule has 0 saturated carbocycles. The Bertz CT molecular complexity index is 906. The standard InChI is InChI=1S/C22H24F3N3O2/c1-16(29)18-5-3-7-20(13-18)26-21(30)15-28-10-8-27(9-11-28)14-17-4-2-6-19(12-17)22(23,24)25/h2-7,12-13H,8-11,14-15H2,1H3,(H,26,30)/p+2. The Kier molecular flexibility index (Phi) is 6.89. The highest BCUT2D eigenvalue weighted by Crippen LogP contribution is 2.29. The highest BCUT2D eigenvalue weighted by Gasteiger charge is 2.31. The second kappa shape index (κ2) is 9.40. The first-order valence-corrected chi connectivity index (χ1v) is 9.95. The summed E-state index contributed by atoms with van der Waals surface area (Å²) in [5, 5.41) is 2.83. The number of piperazine rings is 1. The normalized spacial score (nSPS) is 19.3. The first-order valence-electron chi connectivity index (χ1n) is 9.95. The van der Waals surface area contributed by atoms with Crippen molar-refractivity contribution in [2.24, 2.45) is 0 Å². The van der Waals surface area contributed by atoms with E-state index in [9.17, 15) is 22.8 Å². The molecule has 1 fully saturated rings. The fourth-order valence-electron chi connectivity index (χ4n) is 3.71. The molecule has 0 aliphatic carbocycles. The van der Waals surface area contributed by atoms with E-state index in [-0.39, 0.29) is 11.7 Å². The van der Waals surface area contributed by atoms with E-state index in [2.05, 4.69) is 5.32 Å². The van der Waals surface area contributed by atoms with E-state index in [0.29, 0.717) is 29.9 Å². The SMILES string of the molecule is CC(=O)c1cccc(NC(=O)C[NH+]2CC[NH+](Cc3cccc(C(F)(F)F)c3)CC2)c1. The summed E-state index contributed by atoms with van der Waals surface area (Å²) in [6.07, 6.45) is -4.33. The first kappa shape index (κ1) is 22.0. The predicted octanol–water partition coefficient (Wildman–Crippen LogP) is 0.830. The number of anilines is 1. The van der Waals surface area contributed by atoms with Crippen molar-refractivity contribution in [3.63, 3.8) is 0 Å². The molecule has 8 heteroatoms. The van der Waals surface area contributed by atoms with Gasteiger partial charge in [-0.3, -0.25) is 9.59 Å². The number of nitrogens with one attached hydrogen (secondary N) is 3.